The quantitative estimate of drug-likeness (QED) is 0.322. The molecule has 7 nitrogen and oxygen atoms in total. The van der Waals surface area contributed by atoms with Crippen molar-refractivity contribution in [2.75, 3.05) is 4.90 Å². The Bertz CT molecular complexity index is 1560. The van der Waals surface area contributed by atoms with E-state index in [1.165, 1.54) is 27.4 Å². The number of imide groups is 1. The van der Waals surface area contributed by atoms with Gasteiger partial charge >= 0.3 is 5.91 Å². The SMILES string of the molecule is CCc1nn(-c2ccccc2)c([O-])c1C1=C([n+]2ccc(C)c(C)c2)C(=O)N(c2ccccc2F)C1=O. The lowest BCUT2D eigenvalue weighted by Crippen LogP contribution is -2.40. The Kier molecular flexibility index (Phi) is 5.72. The van der Waals surface area contributed by atoms with Crippen molar-refractivity contribution in [3.05, 3.63) is 101 Å². The molecule has 1 aliphatic heterocycles. The molecule has 0 bridgehead atoms. The van der Waals surface area contributed by atoms with Gasteiger partial charge in [0, 0.05) is 17.2 Å². The molecule has 1 aliphatic rings. The minimum atomic E-state index is -0.773. The van der Waals surface area contributed by atoms with Crippen LogP contribution >= 0.6 is 0 Å². The van der Waals surface area contributed by atoms with Crippen molar-refractivity contribution < 1.29 is 23.7 Å². The van der Waals surface area contributed by atoms with Gasteiger partial charge in [0.25, 0.3) is 11.6 Å². The van der Waals surface area contributed by atoms with Gasteiger partial charge in [-0.3, -0.25) is 9.59 Å². The van der Waals surface area contributed by atoms with Crippen molar-refractivity contribution in [1.82, 2.24) is 9.78 Å². The van der Waals surface area contributed by atoms with Crippen molar-refractivity contribution in [2.45, 2.75) is 27.2 Å². The van der Waals surface area contributed by atoms with Crippen molar-refractivity contribution in [2.24, 2.45) is 0 Å². The molecule has 0 saturated carbocycles. The zero-order valence-corrected chi connectivity index (χ0v) is 20.0. The van der Waals surface area contributed by atoms with E-state index in [9.17, 15) is 19.1 Å². The number of para-hydroxylation sites is 2. The third kappa shape index (κ3) is 3.58. The third-order valence-corrected chi connectivity index (χ3v) is 6.35. The van der Waals surface area contributed by atoms with Gasteiger partial charge < -0.3 is 5.11 Å². The highest BCUT2D eigenvalue weighted by Crippen LogP contribution is 2.39. The summed E-state index contributed by atoms with van der Waals surface area (Å²) in [6.07, 6.45) is 3.73. The van der Waals surface area contributed by atoms with Crippen LogP contribution in [0.1, 0.15) is 29.3 Å². The molecule has 0 unspecified atom stereocenters. The normalized spacial score (nSPS) is 13.7. The monoisotopic (exact) mass is 482 g/mol. The van der Waals surface area contributed by atoms with E-state index in [0.717, 1.165) is 16.0 Å². The number of carbonyl (C=O) groups excluding carboxylic acids is 2. The topological polar surface area (TPSA) is 82.1 Å². The molecule has 0 N–H and O–H groups in total. The molecule has 2 aromatic heterocycles. The molecule has 0 saturated heterocycles. The Hall–Kier alpha value is -4.59. The number of anilines is 1. The number of carbonyl (C=O) groups is 2. The van der Waals surface area contributed by atoms with Gasteiger partial charge in [0.1, 0.15) is 11.4 Å². The van der Waals surface area contributed by atoms with Gasteiger partial charge in [0.2, 0.25) is 0 Å². The smallest absolute Gasteiger partial charge is 0.331 e. The van der Waals surface area contributed by atoms with Crippen LogP contribution in [0.4, 0.5) is 10.1 Å². The van der Waals surface area contributed by atoms with Crippen LogP contribution in [0.25, 0.3) is 17.0 Å². The first kappa shape index (κ1) is 23.2. The van der Waals surface area contributed by atoms with E-state index in [1.54, 1.807) is 42.7 Å². The van der Waals surface area contributed by atoms with Crippen LogP contribution in [-0.4, -0.2) is 21.6 Å². The molecule has 8 heteroatoms. The molecule has 0 spiro atoms. The van der Waals surface area contributed by atoms with E-state index in [0.29, 0.717) is 17.8 Å². The van der Waals surface area contributed by atoms with Gasteiger partial charge in [0.15, 0.2) is 12.4 Å². The van der Waals surface area contributed by atoms with Gasteiger partial charge in [-0.05, 0) is 56.0 Å². The summed E-state index contributed by atoms with van der Waals surface area (Å²) in [5.74, 6) is -2.73. The summed E-state index contributed by atoms with van der Waals surface area (Å²) in [5, 5.41) is 18.2. The van der Waals surface area contributed by atoms with E-state index in [1.807, 2.05) is 32.9 Å². The largest absolute Gasteiger partial charge is 0.858 e. The number of hydrogen-bond donors (Lipinski definition) is 0. The number of benzene rings is 2. The number of halogens is 1. The predicted molar refractivity (Wildman–Crippen MR) is 131 cm³/mol. The van der Waals surface area contributed by atoms with Crippen molar-refractivity contribution >= 4 is 28.8 Å². The van der Waals surface area contributed by atoms with Crippen molar-refractivity contribution in [1.29, 1.82) is 0 Å². The second kappa shape index (κ2) is 8.88. The van der Waals surface area contributed by atoms with Crippen LogP contribution in [0.5, 0.6) is 5.88 Å². The highest BCUT2D eigenvalue weighted by Gasteiger charge is 2.48. The lowest BCUT2D eigenvalue weighted by molar-refractivity contribution is -0.577. The number of aryl methyl sites for hydroxylation is 3. The first-order valence-electron chi connectivity index (χ1n) is 11.5. The zero-order valence-electron chi connectivity index (χ0n) is 20.0. The molecule has 4 aromatic rings. The maximum absolute atomic E-state index is 14.8. The maximum Gasteiger partial charge on any atom is 0.331 e. The van der Waals surface area contributed by atoms with E-state index < -0.39 is 23.5 Å². The van der Waals surface area contributed by atoms with Gasteiger partial charge in [-0.25, -0.2) is 14.0 Å². The Morgan fingerprint density at radius 1 is 0.944 bits per heavy atom. The fraction of sp³-hybridized carbons (Fsp3) is 0.143. The van der Waals surface area contributed by atoms with E-state index >= 15 is 0 Å². The van der Waals surface area contributed by atoms with Crippen LogP contribution < -0.4 is 14.6 Å². The predicted octanol–water partition coefficient (Wildman–Crippen LogP) is 3.49. The standard InChI is InChI=1S/C28H23FN4O3/c1-4-21-23(27(35)33(30-21)19-10-6-5-7-11-19)24-25(31-15-14-17(2)18(3)16-31)28(36)32(26(24)34)22-13-9-8-12-20(22)29/h5-16H,4H2,1-3H3. The highest BCUT2D eigenvalue weighted by atomic mass is 19.1. The highest BCUT2D eigenvalue weighted by molar-refractivity contribution is 6.53. The number of amides is 2. The minimum absolute atomic E-state index is 0.0224. The summed E-state index contributed by atoms with van der Waals surface area (Å²) in [4.78, 5) is 28.4. The molecule has 0 aliphatic carbocycles. The zero-order chi connectivity index (χ0) is 25.6. The second-order valence-electron chi connectivity index (χ2n) is 8.57. The lowest BCUT2D eigenvalue weighted by Gasteiger charge is -2.16. The lowest BCUT2D eigenvalue weighted by atomic mass is 10.0. The van der Waals surface area contributed by atoms with Crippen LogP contribution in [0, 0.1) is 19.7 Å². The fourth-order valence-corrected chi connectivity index (χ4v) is 4.34. The Morgan fingerprint density at radius 3 is 2.31 bits per heavy atom. The number of pyridine rings is 1. The van der Waals surface area contributed by atoms with Crippen molar-refractivity contribution in [3.8, 4) is 11.6 Å². The average Bonchev–Trinajstić information content (AvgIpc) is 3.34. The van der Waals surface area contributed by atoms with E-state index in [2.05, 4.69) is 5.10 Å². The average molecular weight is 483 g/mol. The molecule has 0 fully saturated rings. The summed E-state index contributed by atoms with van der Waals surface area (Å²) in [7, 11) is 0. The molecular formula is C28H23FN4O3. The fourth-order valence-electron chi connectivity index (χ4n) is 4.34. The van der Waals surface area contributed by atoms with E-state index in [4.69, 9.17) is 0 Å². The number of rotatable bonds is 5. The Morgan fingerprint density at radius 2 is 1.64 bits per heavy atom. The van der Waals surface area contributed by atoms with Crippen molar-refractivity contribution in [3.63, 3.8) is 0 Å². The molecular weight excluding hydrogens is 459 g/mol. The number of nitrogens with zero attached hydrogens (tertiary/aromatic N) is 4. The summed E-state index contributed by atoms with van der Waals surface area (Å²) >= 11 is 0. The van der Waals surface area contributed by atoms with Crippen LogP contribution in [-0.2, 0) is 16.0 Å². The molecule has 36 heavy (non-hydrogen) atoms. The maximum atomic E-state index is 14.8. The molecule has 0 atom stereocenters. The van der Waals surface area contributed by atoms with Crippen LogP contribution in [0.15, 0.2) is 73.1 Å². The van der Waals surface area contributed by atoms with Crippen LogP contribution in [0.3, 0.4) is 0 Å². The Balaban J connectivity index is 1.80. The number of hydrogen-bond acceptors (Lipinski definition) is 4. The second-order valence-corrected chi connectivity index (χ2v) is 8.57. The first-order valence-corrected chi connectivity index (χ1v) is 11.5. The van der Waals surface area contributed by atoms with Crippen LogP contribution in [0.2, 0.25) is 0 Å². The first-order chi connectivity index (χ1) is 17.3. The minimum Gasteiger partial charge on any atom is -0.858 e. The van der Waals surface area contributed by atoms with Gasteiger partial charge in [-0.1, -0.05) is 37.3 Å². The molecule has 2 aromatic carbocycles. The summed E-state index contributed by atoms with van der Waals surface area (Å²) < 4.78 is 17.5. The molecule has 2 amide bonds. The summed E-state index contributed by atoms with van der Waals surface area (Å²) in [6, 6.07) is 16.2. The van der Waals surface area contributed by atoms with E-state index in [-0.39, 0.29) is 22.5 Å². The third-order valence-electron chi connectivity index (χ3n) is 6.35. The molecule has 3 heterocycles. The van der Waals surface area contributed by atoms with Gasteiger partial charge in [-0.2, -0.15) is 9.67 Å². The Labute approximate surface area is 207 Å². The number of aromatic nitrogens is 3. The molecule has 5 rings (SSSR count). The van der Waals surface area contributed by atoms with Gasteiger partial charge in [0.05, 0.1) is 17.1 Å². The summed E-state index contributed by atoms with van der Waals surface area (Å²) in [5.41, 5.74) is 2.53. The summed E-state index contributed by atoms with van der Waals surface area (Å²) in [6.45, 7) is 5.63. The van der Waals surface area contributed by atoms with Gasteiger partial charge in [-0.15, -0.1) is 0 Å². The molecule has 180 valence electrons. The molecule has 0 radical (unpaired) electrons.